The van der Waals surface area contributed by atoms with Crippen LogP contribution in [0.4, 0.5) is 5.69 Å². The molecule has 1 aromatic carbocycles. The topological polar surface area (TPSA) is 49.4 Å². The highest BCUT2D eigenvalue weighted by Crippen LogP contribution is 2.64. The van der Waals surface area contributed by atoms with Crippen LogP contribution in [-0.2, 0) is 4.79 Å². The Morgan fingerprint density at radius 2 is 1.84 bits per heavy atom. The van der Waals surface area contributed by atoms with Crippen molar-refractivity contribution in [3.63, 3.8) is 0 Å². The van der Waals surface area contributed by atoms with Gasteiger partial charge in [-0.1, -0.05) is 22.0 Å². The lowest BCUT2D eigenvalue weighted by atomic mass is 9.49. The fourth-order valence-corrected chi connectivity index (χ4v) is 7.12. The molecule has 1 N–H and O–H groups in total. The number of nitrogens with one attached hydrogen (secondary N) is 1. The second kappa shape index (κ2) is 5.83. The molecule has 0 spiro atoms. The molecule has 0 radical (unpaired) electrons. The molecule has 1 aromatic rings. The third-order valence-corrected chi connectivity index (χ3v) is 7.17. The van der Waals surface area contributed by atoms with E-state index in [-0.39, 0.29) is 21.6 Å². The summed E-state index contributed by atoms with van der Waals surface area (Å²) in [6.07, 6.45) is 6.68. The van der Waals surface area contributed by atoms with Crippen molar-refractivity contribution in [1.29, 1.82) is 0 Å². The van der Waals surface area contributed by atoms with Gasteiger partial charge in [-0.3, -0.25) is 9.59 Å². The number of amides is 2. The zero-order chi connectivity index (χ0) is 17.8. The number of hydrogen-bond donors (Lipinski definition) is 1. The molecule has 2 amide bonds. The minimum absolute atomic E-state index is 0.0506. The second-order valence-electron chi connectivity index (χ2n) is 8.63. The van der Waals surface area contributed by atoms with Crippen LogP contribution in [0.15, 0.2) is 24.3 Å². The number of anilines is 1. The zero-order valence-corrected chi connectivity index (χ0v) is 16.4. The highest BCUT2D eigenvalue weighted by Gasteiger charge is 2.59. The quantitative estimate of drug-likeness (QED) is 0.772. The van der Waals surface area contributed by atoms with Crippen molar-refractivity contribution in [1.82, 2.24) is 4.90 Å². The number of nitrogens with zero attached hydrogens (tertiary/aromatic N) is 1. The van der Waals surface area contributed by atoms with Gasteiger partial charge in [-0.25, -0.2) is 0 Å². The zero-order valence-electron chi connectivity index (χ0n) is 14.8. The van der Waals surface area contributed by atoms with Crippen LogP contribution in [0.1, 0.15) is 48.9 Å². The summed E-state index contributed by atoms with van der Waals surface area (Å²) in [5.74, 6) is 1.44. The normalized spacial score (nSPS) is 35.5. The summed E-state index contributed by atoms with van der Waals surface area (Å²) in [7, 11) is 3.47. The smallest absolute Gasteiger partial charge is 0.253 e. The number of halogens is 1. The van der Waals surface area contributed by atoms with Crippen molar-refractivity contribution >= 4 is 33.4 Å². The summed E-state index contributed by atoms with van der Waals surface area (Å²) < 4.78 is 0.164. The van der Waals surface area contributed by atoms with Crippen molar-refractivity contribution in [2.45, 2.75) is 42.8 Å². The van der Waals surface area contributed by atoms with Gasteiger partial charge in [0.25, 0.3) is 5.91 Å². The van der Waals surface area contributed by atoms with E-state index in [9.17, 15) is 9.59 Å². The maximum Gasteiger partial charge on any atom is 0.253 e. The summed E-state index contributed by atoms with van der Waals surface area (Å²) in [5, 5.41) is 3.12. The first-order chi connectivity index (χ1) is 11.8. The number of alkyl halides is 1. The summed E-state index contributed by atoms with van der Waals surface area (Å²) >= 11 is 3.96. The average Bonchev–Trinajstić information content (AvgIpc) is 2.52. The van der Waals surface area contributed by atoms with Crippen molar-refractivity contribution in [3.05, 3.63) is 29.8 Å². The molecular formula is C20H25BrN2O2. The largest absolute Gasteiger partial charge is 0.345 e. The molecule has 5 heteroatoms. The number of carbonyl (C=O) groups excluding carboxylic acids is 2. The van der Waals surface area contributed by atoms with Crippen LogP contribution in [0.2, 0.25) is 0 Å². The van der Waals surface area contributed by atoms with Crippen LogP contribution in [0.5, 0.6) is 0 Å². The lowest BCUT2D eigenvalue weighted by Gasteiger charge is -2.59. The predicted molar refractivity (Wildman–Crippen MR) is 102 cm³/mol. The maximum absolute atomic E-state index is 13.2. The first-order valence-electron chi connectivity index (χ1n) is 9.11. The van der Waals surface area contributed by atoms with E-state index in [1.807, 2.05) is 12.1 Å². The number of hydrogen-bond acceptors (Lipinski definition) is 2. The molecule has 2 atom stereocenters. The molecule has 4 aliphatic rings. The van der Waals surface area contributed by atoms with Crippen LogP contribution < -0.4 is 5.32 Å². The van der Waals surface area contributed by atoms with E-state index in [4.69, 9.17) is 0 Å². The van der Waals surface area contributed by atoms with Gasteiger partial charge in [0, 0.05) is 29.7 Å². The molecule has 0 saturated heterocycles. The predicted octanol–water partition coefficient (Wildman–Crippen LogP) is 4.06. The van der Waals surface area contributed by atoms with Gasteiger partial charge in [-0.05, 0) is 68.6 Å². The van der Waals surface area contributed by atoms with Crippen LogP contribution >= 0.6 is 15.9 Å². The fraction of sp³-hybridized carbons (Fsp3) is 0.600. The molecule has 0 aliphatic heterocycles. The lowest BCUT2D eigenvalue weighted by molar-refractivity contribution is -0.138. The molecule has 0 heterocycles. The minimum Gasteiger partial charge on any atom is -0.345 e. The minimum atomic E-state index is -0.241. The number of rotatable bonds is 3. The van der Waals surface area contributed by atoms with Gasteiger partial charge < -0.3 is 10.2 Å². The standard InChI is InChI=1S/C20H25BrN2O2/c1-23(2)17(24)15-4-3-5-16(7-15)22-18(25)19-8-13-6-14(9-19)11-20(21,10-13)12-19/h3-5,7,13-14H,6,8-12H2,1-2H3,(H,22,25)/t13-,14-,19?,20?/m1/s1. The lowest BCUT2D eigenvalue weighted by Crippen LogP contribution is -2.57. The van der Waals surface area contributed by atoms with Gasteiger partial charge in [0.05, 0.1) is 5.41 Å². The molecular weight excluding hydrogens is 380 g/mol. The van der Waals surface area contributed by atoms with E-state index in [1.165, 1.54) is 19.3 Å². The summed E-state index contributed by atoms with van der Waals surface area (Å²) in [5.41, 5.74) is 1.08. The molecule has 4 aliphatic carbocycles. The van der Waals surface area contributed by atoms with Gasteiger partial charge >= 0.3 is 0 Å². The van der Waals surface area contributed by atoms with Gasteiger partial charge in [-0.2, -0.15) is 0 Å². The van der Waals surface area contributed by atoms with Crippen molar-refractivity contribution in [2.75, 3.05) is 19.4 Å². The first kappa shape index (κ1) is 17.1. The first-order valence-corrected chi connectivity index (χ1v) is 9.90. The third kappa shape index (κ3) is 3.01. The molecule has 4 nitrogen and oxygen atoms in total. The molecule has 4 saturated carbocycles. The Hall–Kier alpha value is -1.36. The van der Waals surface area contributed by atoms with Crippen molar-refractivity contribution in [2.24, 2.45) is 17.3 Å². The van der Waals surface area contributed by atoms with Gasteiger partial charge in [0.15, 0.2) is 0 Å². The molecule has 4 bridgehead atoms. The highest BCUT2D eigenvalue weighted by atomic mass is 79.9. The Morgan fingerprint density at radius 1 is 1.16 bits per heavy atom. The Balaban J connectivity index is 1.55. The van der Waals surface area contributed by atoms with E-state index in [1.54, 1.807) is 31.1 Å². The van der Waals surface area contributed by atoms with Crippen LogP contribution in [0, 0.1) is 17.3 Å². The Morgan fingerprint density at radius 3 is 2.44 bits per heavy atom. The molecule has 0 aromatic heterocycles. The van der Waals surface area contributed by atoms with Crippen LogP contribution in [0.25, 0.3) is 0 Å². The maximum atomic E-state index is 13.2. The molecule has 4 fully saturated rings. The van der Waals surface area contributed by atoms with Crippen molar-refractivity contribution < 1.29 is 9.59 Å². The fourth-order valence-electron chi connectivity index (χ4n) is 5.67. The molecule has 134 valence electrons. The summed E-state index contributed by atoms with van der Waals surface area (Å²) in [6, 6.07) is 7.27. The number of benzene rings is 1. The van der Waals surface area contributed by atoms with E-state index in [0.29, 0.717) is 17.4 Å². The molecule has 5 rings (SSSR count). The van der Waals surface area contributed by atoms with E-state index < -0.39 is 0 Å². The van der Waals surface area contributed by atoms with Crippen molar-refractivity contribution in [3.8, 4) is 0 Å². The Labute approximate surface area is 157 Å². The highest BCUT2D eigenvalue weighted by molar-refractivity contribution is 9.10. The van der Waals surface area contributed by atoms with Gasteiger partial charge in [0.2, 0.25) is 5.91 Å². The third-order valence-electron chi connectivity index (χ3n) is 6.24. The van der Waals surface area contributed by atoms with E-state index >= 15 is 0 Å². The van der Waals surface area contributed by atoms with Gasteiger partial charge in [0.1, 0.15) is 0 Å². The van der Waals surface area contributed by atoms with Gasteiger partial charge in [-0.15, -0.1) is 0 Å². The molecule has 0 unspecified atom stereocenters. The van der Waals surface area contributed by atoms with E-state index in [2.05, 4.69) is 21.2 Å². The van der Waals surface area contributed by atoms with Crippen LogP contribution in [-0.4, -0.2) is 35.1 Å². The Kier molecular flexibility index (Phi) is 3.98. The average molecular weight is 405 g/mol. The summed E-state index contributed by atoms with van der Waals surface area (Å²) in [6.45, 7) is 0. The number of carbonyl (C=O) groups is 2. The van der Waals surface area contributed by atoms with E-state index in [0.717, 1.165) is 24.9 Å². The second-order valence-corrected chi connectivity index (χ2v) is 10.3. The molecule has 25 heavy (non-hydrogen) atoms. The monoisotopic (exact) mass is 404 g/mol. The summed E-state index contributed by atoms with van der Waals surface area (Å²) in [4.78, 5) is 26.9. The van der Waals surface area contributed by atoms with Crippen LogP contribution in [0.3, 0.4) is 0 Å². The SMILES string of the molecule is CN(C)C(=O)c1cccc(NC(=O)C23C[C@H]4C[C@@H](CC(Br)(C4)C2)C3)c1. The Bertz CT molecular complexity index is 716.